The largest absolute Gasteiger partial charge is 0.309 e. The van der Waals surface area contributed by atoms with E-state index in [9.17, 15) is 0 Å². The van der Waals surface area contributed by atoms with E-state index in [1.165, 1.54) is 11.1 Å². The van der Waals surface area contributed by atoms with Crippen molar-refractivity contribution in [2.45, 2.75) is 19.6 Å². The van der Waals surface area contributed by atoms with Crippen molar-refractivity contribution in [3.63, 3.8) is 0 Å². The summed E-state index contributed by atoms with van der Waals surface area (Å²) in [6, 6.07) is 14.0. The van der Waals surface area contributed by atoms with Crippen LogP contribution in [0.25, 0.3) is 0 Å². The van der Waals surface area contributed by atoms with Crippen LogP contribution >= 0.6 is 23.2 Å². The molecule has 0 unspecified atom stereocenters. The van der Waals surface area contributed by atoms with Gasteiger partial charge < -0.3 is 10.2 Å². The third kappa shape index (κ3) is 5.01. The first-order valence-corrected chi connectivity index (χ1v) is 7.68. The van der Waals surface area contributed by atoms with Gasteiger partial charge in [-0.05, 0) is 49.0 Å². The normalized spacial score (nSPS) is 11.1. The molecule has 1 N–H and O–H groups in total. The maximum atomic E-state index is 6.17. The average Bonchev–Trinajstić information content (AvgIpc) is 2.44. The first-order chi connectivity index (χ1) is 10.1. The van der Waals surface area contributed by atoms with Crippen LogP contribution in [0.5, 0.6) is 0 Å². The van der Waals surface area contributed by atoms with E-state index >= 15 is 0 Å². The number of benzene rings is 2. The first-order valence-electron chi connectivity index (χ1n) is 6.92. The molecule has 0 saturated carbocycles. The van der Waals surface area contributed by atoms with Gasteiger partial charge in [-0.3, -0.25) is 0 Å². The molecule has 0 aromatic heterocycles. The fourth-order valence-electron chi connectivity index (χ4n) is 2.24. The highest BCUT2D eigenvalue weighted by molar-refractivity contribution is 6.33. The van der Waals surface area contributed by atoms with Crippen molar-refractivity contribution >= 4 is 23.2 Å². The van der Waals surface area contributed by atoms with E-state index in [2.05, 4.69) is 48.6 Å². The zero-order valence-electron chi connectivity index (χ0n) is 12.4. The molecular formula is C17H20Cl2N2. The van der Waals surface area contributed by atoms with Crippen LogP contribution in [0.1, 0.15) is 16.7 Å². The third-order valence-electron chi connectivity index (χ3n) is 3.24. The zero-order valence-corrected chi connectivity index (χ0v) is 13.9. The molecule has 0 aliphatic carbocycles. The van der Waals surface area contributed by atoms with Crippen molar-refractivity contribution in [2.24, 2.45) is 0 Å². The van der Waals surface area contributed by atoms with Crippen LogP contribution in [0.15, 0.2) is 42.5 Å². The van der Waals surface area contributed by atoms with Crippen LogP contribution in [0, 0.1) is 0 Å². The number of nitrogens with one attached hydrogen (secondary N) is 1. The summed E-state index contributed by atoms with van der Waals surface area (Å²) in [5.41, 5.74) is 3.67. The van der Waals surface area contributed by atoms with Gasteiger partial charge in [0.05, 0.1) is 0 Å². The van der Waals surface area contributed by atoms with Crippen LogP contribution in [-0.2, 0) is 19.6 Å². The minimum absolute atomic E-state index is 0.704. The molecule has 0 bridgehead atoms. The van der Waals surface area contributed by atoms with E-state index in [4.69, 9.17) is 23.2 Å². The van der Waals surface area contributed by atoms with Gasteiger partial charge in [-0.2, -0.15) is 0 Å². The summed E-state index contributed by atoms with van der Waals surface area (Å²) in [7, 11) is 4.16. The van der Waals surface area contributed by atoms with Crippen LogP contribution in [0.3, 0.4) is 0 Å². The first kappa shape index (κ1) is 16.3. The fourth-order valence-corrected chi connectivity index (χ4v) is 2.61. The van der Waals surface area contributed by atoms with Crippen molar-refractivity contribution in [3.05, 3.63) is 69.2 Å². The second kappa shape index (κ2) is 7.81. The quantitative estimate of drug-likeness (QED) is 0.850. The van der Waals surface area contributed by atoms with E-state index in [0.29, 0.717) is 11.6 Å². The molecule has 21 heavy (non-hydrogen) atoms. The smallest absolute Gasteiger partial charge is 0.0451 e. The van der Waals surface area contributed by atoms with E-state index < -0.39 is 0 Å². The number of rotatable bonds is 6. The molecule has 0 saturated heterocycles. The molecular weight excluding hydrogens is 303 g/mol. The molecule has 0 fully saturated rings. The van der Waals surface area contributed by atoms with Gasteiger partial charge in [0, 0.05) is 29.7 Å². The second-order valence-corrected chi connectivity index (χ2v) is 6.19. The van der Waals surface area contributed by atoms with Gasteiger partial charge in [0.1, 0.15) is 0 Å². The predicted octanol–water partition coefficient (Wildman–Crippen LogP) is 4.34. The Morgan fingerprint density at radius 3 is 2.29 bits per heavy atom. The highest BCUT2D eigenvalue weighted by Crippen LogP contribution is 2.20. The minimum atomic E-state index is 0.704. The van der Waals surface area contributed by atoms with Crippen LogP contribution in [0.4, 0.5) is 0 Å². The molecule has 2 aromatic carbocycles. The Hall–Kier alpha value is -1.06. The number of hydrogen-bond donors (Lipinski definition) is 1. The van der Waals surface area contributed by atoms with E-state index in [1.54, 1.807) is 6.07 Å². The summed E-state index contributed by atoms with van der Waals surface area (Å²) >= 11 is 12.2. The fraction of sp³-hybridized carbons (Fsp3) is 0.294. The molecule has 0 aliphatic heterocycles. The second-order valence-electron chi connectivity index (χ2n) is 5.35. The summed E-state index contributed by atoms with van der Waals surface area (Å²) in [4.78, 5) is 2.17. The van der Waals surface area contributed by atoms with Gasteiger partial charge in [0.2, 0.25) is 0 Å². The topological polar surface area (TPSA) is 15.3 Å². The molecule has 2 nitrogen and oxygen atoms in total. The van der Waals surface area contributed by atoms with Crippen LogP contribution in [-0.4, -0.2) is 19.0 Å². The van der Waals surface area contributed by atoms with Crippen molar-refractivity contribution in [1.82, 2.24) is 10.2 Å². The molecule has 2 aromatic rings. The molecule has 112 valence electrons. The van der Waals surface area contributed by atoms with Gasteiger partial charge in [0.15, 0.2) is 0 Å². The lowest BCUT2D eigenvalue weighted by molar-refractivity contribution is 0.400. The van der Waals surface area contributed by atoms with Gasteiger partial charge in [-0.15, -0.1) is 0 Å². The maximum absolute atomic E-state index is 6.17. The van der Waals surface area contributed by atoms with E-state index in [1.807, 2.05) is 12.1 Å². The lowest BCUT2D eigenvalue weighted by Crippen LogP contribution is -2.17. The van der Waals surface area contributed by atoms with Gasteiger partial charge in [-0.25, -0.2) is 0 Å². The Balaban J connectivity index is 1.99. The van der Waals surface area contributed by atoms with Crippen molar-refractivity contribution < 1.29 is 0 Å². The molecule has 0 amide bonds. The minimum Gasteiger partial charge on any atom is -0.309 e. The Bertz CT molecular complexity index is 597. The summed E-state index contributed by atoms with van der Waals surface area (Å²) in [5, 5.41) is 4.89. The molecule has 0 radical (unpaired) electrons. The van der Waals surface area contributed by atoms with Gasteiger partial charge >= 0.3 is 0 Å². The predicted molar refractivity (Wildman–Crippen MR) is 90.8 cm³/mol. The summed E-state index contributed by atoms with van der Waals surface area (Å²) in [6.07, 6.45) is 0. The molecule has 0 spiro atoms. The number of hydrogen-bond acceptors (Lipinski definition) is 2. The number of halogens is 2. The average molecular weight is 323 g/mol. The van der Waals surface area contributed by atoms with Crippen LogP contribution < -0.4 is 5.32 Å². The summed E-state index contributed by atoms with van der Waals surface area (Å²) in [5.74, 6) is 0. The molecule has 2 rings (SSSR count). The SMILES string of the molecule is CN(C)Cc1ccccc1CNCc1cc(Cl)ccc1Cl. The van der Waals surface area contributed by atoms with Crippen molar-refractivity contribution in [1.29, 1.82) is 0 Å². The lowest BCUT2D eigenvalue weighted by Gasteiger charge is -2.15. The van der Waals surface area contributed by atoms with E-state index in [0.717, 1.165) is 23.7 Å². The monoisotopic (exact) mass is 322 g/mol. The maximum Gasteiger partial charge on any atom is 0.0451 e. The Kier molecular flexibility index (Phi) is 6.07. The molecule has 0 aliphatic rings. The highest BCUT2D eigenvalue weighted by atomic mass is 35.5. The molecule has 0 atom stereocenters. The van der Waals surface area contributed by atoms with Gasteiger partial charge in [-0.1, -0.05) is 47.5 Å². The number of nitrogens with zero attached hydrogens (tertiary/aromatic N) is 1. The van der Waals surface area contributed by atoms with Gasteiger partial charge in [0.25, 0.3) is 0 Å². The summed E-state index contributed by atoms with van der Waals surface area (Å²) in [6.45, 7) is 2.46. The molecule has 4 heteroatoms. The van der Waals surface area contributed by atoms with E-state index in [-0.39, 0.29) is 0 Å². The highest BCUT2D eigenvalue weighted by Gasteiger charge is 2.04. The third-order valence-corrected chi connectivity index (χ3v) is 3.85. The summed E-state index contributed by atoms with van der Waals surface area (Å²) < 4.78 is 0. The zero-order chi connectivity index (χ0) is 15.2. The standard InChI is InChI=1S/C17H20Cl2N2/c1-21(2)12-14-6-4-3-5-13(14)10-20-11-15-9-16(18)7-8-17(15)19/h3-9,20H,10-12H2,1-2H3. The van der Waals surface area contributed by atoms with Crippen molar-refractivity contribution in [2.75, 3.05) is 14.1 Å². The Morgan fingerprint density at radius 2 is 1.57 bits per heavy atom. The lowest BCUT2D eigenvalue weighted by atomic mass is 10.1. The van der Waals surface area contributed by atoms with Crippen molar-refractivity contribution in [3.8, 4) is 0 Å². The Morgan fingerprint density at radius 1 is 0.905 bits per heavy atom. The molecule has 0 heterocycles. The Labute approximate surface area is 136 Å². The van der Waals surface area contributed by atoms with Crippen LogP contribution in [0.2, 0.25) is 10.0 Å².